The van der Waals surface area contributed by atoms with Gasteiger partial charge in [0.25, 0.3) is 0 Å². The van der Waals surface area contributed by atoms with Gasteiger partial charge in [-0.2, -0.15) is 5.26 Å². The Bertz CT molecular complexity index is 250. The smallest absolute Gasteiger partial charge is 0.102 e. The van der Waals surface area contributed by atoms with E-state index in [-0.39, 0.29) is 3.92 Å². The lowest BCUT2D eigenvalue weighted by Crippen LogP contribution is -1.97. The van der Waals surface area contributed by atoms with E-state index in [1.165, 1.54) is 5.56 Å². The molecule has 0 aliphatic carbocycles. The number of nitriles is 1. The molecular weight excluding hydrogens is 249 g/mol. The molecule has 1 aromatic rings. The van der Waals surface area contributed by atoms with Crippen molar-refractivity contribution in [3.05, 3.63) is 35.9 Å². The molecule has 56 valence electrons. The van der Waals surface area contributed by atoms with Gasteiger partial charge in [0, 0.05) is 0 Å². The minimum atomic E-state index is 0.0926. The molecule has 0 radical (unpaired) electrons. The molecule has 1 rings (SSSR count). The van der Waals surface area contributed by atoms with Crippen LogP contribution in [0.1, 0.15) is 5.56 Å². The Labute approximate surface area is 80.2 Å². The third-order valence-electron chi connectivity index (χ3n) is 1.40. The zero-order chi connectivity index (χ0) is 8.10. The van der Waals surface area contributed by atoms with Gasteiger partial charge in [-0.3, -0.25) is 0 Å². The molecule has 0 aromatic heterocycles. The van der Waals surface area contributed by atoms with Crippen LogP contribution >= 0.6 is 22.6 Å². The van der Waals surface area contributed by atoms with Crippen molar-refractivity contribution in [1.82, 2.24) is 0 Å². The van der Waals surface area contributed by atoms with Crippen molar-refractivity contribution < 1.29 is 0 Å². The Balaban J connectivity index is 2.60. The van der Waals surface area contributed by atoms with Gasteiger partial charge in [0.05, 0.1) is 6.07 Å². The van der Waals surface area contributed by atoms with E-state index in [1.54, 1.807) is 0 Å². The molecule has 0 heterocycles. The Morgan fingerprint density at radius 1 is 1.36 bits per heavy atom. The maximum atomic E-state index is 8.54. The summed E-state index contributed by atoms with van der Waals surface area (Å²) in [5.41, 5.74) is 1.23. The molecule has 0 amide bonds. The van der Waals surface area contributed by atoms with Gasteiger partial charge in [-0.25, -0.2) is 0 Å². The average molecular weight is 257 g/mol. The predicted molar refractivity (Wildman–Crippen MR) is 53.6 cm³/mol. The highest BCUT2D eigenvalue weighted by Crippen LogP contribution is 2.08. The molecule has 1 nitrogen and oxygen atoms in total. The van der Waals surface area contributed by atoms with Gasteiger partial charge >= 0.3 is 0 Å². The van der Waals surface area contributed by atoms with Crippen molar-refractivity contribution in [2.75, 3.05) is 0 Å². The predicted octanol–water partition coefficient (Wildman–Crippen LogP) is 2.56. The van der Waals surface area contributed by atoms with E-state index in [4.69, 9.17) is 5.26 Å². The molecule has 0 fully saturated rings. The second-order valence-corrected chi connectivity index (χ2v) is 3.79. The van der Waals surface area contributed by atoms with Crippen molar-refractivity contribution in [3.8, 4) is 6.07 Å². The van der Waals surface area contributed by atoms with Crippen LogP contribution in [0.15, 0.2) is 30.3 Å². The molecule has 1 atom stereocenters. The highest BCUT2D eigenvalue weighted by atomic mass is 127. The van der Waals surface area contributed by atoms with E-state index in [9.17, 15) is 0 Å². The van der Waals surface area contributed by atoms with E-state index in [0.717, 1.165) is 6.42 Å². The van der Waals surface area contributed by atoms with E-state index in [2.05, 4.69) is 28.7 Å². The van der Waals surface area contributed by atoms with Crippen LogP contribution in [0.4, 0.5) is 0 Å². The molecule has 11 heavy (non-hydrogen) atoms. The number of alkyl halides is 1. The molecule has 0 aliphatic heterocycles. The van der Waals surface area contributed by atoms with Crippen molar-refractivity contribution in [1.29, 1.82) is 5.26 Å². The molecule has 0 aliphatic rings. The zero-order valence-electron chi connectivity index (χ0n) is 6.00. The Morgan fingerprint density at radius 3 is 2.55 bits per heavy atom. The first-order valence-corrected chi connectivity index (χ1v) is 4.65. The summed E-state index contributed by atoms with van der Waals surface area (Å²) in [4.78, 5) is 0. The number of rotatable bonds is 2. The van der Waals surface area contributed by atoms with Gasteiger partial charge in [0.1, 0.15) is 3.92 Å². The number of benzene rings is 1. The lowest BCUT2D eigenvalue weighted by molar-refractivity contribution is 1.06. The molecule has 0 saturated carbocycles. The molecule has 0 N–H and O–H groups in total. The minimum absolute atomic E-state index is 0.0926. The fourth-order valence-corrected chi connectivity index (χ4v) is 1.38. The number of hydrogen-bond acceptors (Lipinski definition) is 1. The Kier molecular flexibility index (Phi) is 3.37. The van der Waals surface area contributed by atoms with Crippen molar-refractivity contribution >= 4 is 22.6 Å². The summed E-state index contributed by atoms with van der Waals surface area (Å²) in [5, 5.41) is 8.54. The molecule has 0 saturated heterocycles. The van der Waals surface area contributed by atoms with Gasteiger partial charge < -0.3 is 0 Å². The summed E-state index contributed by atoms with van der Waals surface area (Å²) in [5.74, 6) is 0. The third kappa shape index (κ3) is 2.89. The van der Waals surface area contributed by atoms with Gasteiger partial charge in [0.15, 0.2) is 0 Å². The molecule has 2 heteroatoms. The Hall–Kier alpha value is -0.560. The molecule has 0 spiro atoms. The van der Waals surface area contributed by atoms with E-state index >= 15 is 0 Å². The highest BCUT2D eigenvalue weighted by Gasteiger charge is 2.01. The summed E-state index contributed by atoms with van der Waals surface area (Å²) in [7, 11) is 0. The van der Waals surface area contributed by atoms with Crippen LogP contribution in [-0.2, 0) is 6.42 Å². The van der Waals surface area contributed by atoms with Crippen molar-refractivity contribution in [3.63, 3.8) is 0 Å². The van der Waals surface area contributed by atoms with E-state index < -0.39 is 0 Å². The molecule has 0 bridgehead atoms. The third-order valence-corrected chi connectivity index (χ3v) is 2.12. The van der Waals surface area contributed by atoms with Crippen LogP contribution in [0.5, 0.6) is 0 Å². The first kappa shape index (κ1) is 8.54. The number of hydrogen-bond donors (Lipinski definition) is 0. The second kappa shape index (κ2) is 4.35. The van der Waals surface area contributed by atoms with E-state index in [0.29, 0.717) is 0 Å². The number of nitrogens with zero attached hydrogens (tertiary/aromatic N) is 1. The van der Waals surface area contributed by atoms with Crippen molar-refractivity contribution in [2.24, 2.45) is 0 Å². The van der Waals surface area contributed by atoms with Crippen molar-refractivity contribution in [2.45, 2.75) is 10.3 Å². The molecule has 1 unspecified atom stereocenters. The average Bonchev–Trinajstić information content (AvgIpc) is 2.06. The van der Waals surface area contributed by atoms with Crippen LogP contribution in [-0.4, -0.2) is 3.92 Å². The summed E-state index contributed by atoms with van der Waals surface area (Å²) in [6, 6.07) is 12.3. The van der Waals surface area contributed by atoms with Gasteiger partial charge in [-0.1, -0.05) is 52.9 Å². The normalized spacial score (nSPS) is 12.0. The second-order valence-electron chi connectivity index (χ2n) is 2.29. The lowest BCUT2D eigenvalue weighted by Gasteiger charge is -1.99. The fraction of sp³-hybridized carbons (Fsp3) is 0.222. The lowest BCUT2D eigenvalue weighted by atomic mass is 10.1. The van der Waals surface area contributed by atoms with Crippen LogP contribution in [0.2, 0.25) is 0 Å². The topological polar surface area (TPSA) is 23.8 Å². The first-order valence-electron chi connectivity index (χ1n) is 3.40. The van der Waals surface area contributed by atoms with Gasteiger partial charge in [-0.05, 0) is 12.0 Å². The summed E-state index contributed by atoms with van der Waals surface area (Å²) < 4.78 is 0.0926. The fourth-order valence-electron chi connectivity index (χ4n) is 0.867. The first-order chi connectivity index (χ1) is 5.33. The SMILES string of the molecule is N#CC(I)Cc1ccccc1. The van der Waals surface area contributed by atoms with E-state index in [1.807, 2.05) is 30.3 Å². The van der Waals surface area contributed by atoms with Crippen LogP contribution < -0.4 is 0 Å². The summed E-state index contributed by atoms with van der Waals surface area (Å²) in [6.45, 7) is 0. The number of halogens is 1. The van der Waals surface area contributed by atoms with Crippen LogP contribution in [0.3, 0.4) is 0 Å². The molecular formula is C9H8IN. The van der Waals surface area contributed by atoms with Gasteiger partial charge in [0.2, 0.25) is 0 Å². The standard InChI is InChI=1S/C9H8IN/c10-9(7-11)6-8-4-2-1-3-5-8/h1-5,9H,6H2. The maximum Gasteiger partial charge on any atom is 0.102 e. The Morgan fingerprint density at radius 2 is 2.00 bits per heavy atom. The van der Waals surface area contributed by atoms with Crippen LogP contribution in [0.25, 0.3) is 0 Å². The minimum Gasteiger partial charge on any atom is -0.197 e. The summed E-state index contributed by atoms with van der Waals surface area (Å²) >= 11 is 2.15. The largest absolute Gasteiger partial charge is 0.197 e. The van der Waals surface area contributed by atoms with Crippen LogP contribution in [0, 0.1) is 11.3 Å². The zero-order valence-corrected chi connectivity index (χ0v) is 8.15. The summed E-state index contributed by atoms with van der Waals surface area (Å²) in [6.07, 6.45) is 0.845. The molecule has 1 aromatic carbocycles. The highest BCUT2D eigenvalue weighted by molar-refractivity contribution is 14.1. The monoisotopic (exact) mass is 257 g/mol. The maximum absolute atomic E-state index is 8.54. The quantitative estimate of drug-likeness (QED) is 0.590. The van der Waals surface area contributed by atoms with Gasteiger partial charge in [-0.15, -0.1) is 0 Å².